The van der Waals surface area contributed by atoms with E-state index in [2.05, 4.69) is 14.9 Å². The van der Waals surface area contributed by atoms with Gasteiger partial charge in [-0.3, -0.25) is 0 Å². The second kappa shape index (κ2) is 6.87. The van der Waals surface area contributed by atoms with Gasteiger partial charge in [0.15, 0.2) is 5.15 Å². The molecule has 122 valence electrons. The van der Waals surface area contributed by atoms with Crippen molar-refractivity contribution in [3.63, 3.8) is 0 Å². The van der Waals surface area contributed by atoms with Gasteiger partial charge in [-0.1, -0.05) is 17.7 Å². The molecule has 1 aromatic carbocycles. The van der Waals surface area contributed by atoms with E-state index in [1.807, 2.05) is 0 Å². The van der Waals surface area contributed by atoms with Crippen LogP contribution >= 0.6 is 34.2 Å². The highest BCUT2D eigenvalue weighted by Crippen LogP contribution is 2.34. The van der Waals surface area contributed by atoms with Gasteiger partial charge in [0.2, 0.25) is 0 Å². The van der Waals surface area contributed by atoms with Crippen molar-refractivity contribution in [2.45, 2.75) is 6.18 Å². The van der Waals surface area contributed by atoms with E-state index in [0.29, 0.717) is 0 Å². The number of hydrogen-bond donors (Lipinski definition) is 0. The Morgan fingerprint density at radius 1 is 1.30 bits per heavy atom. The standard InChI is InChI=1S/C13H7ClF3IN2O3/c1-22-12(21)8-9(18)10(14)19-20-11(8)23-7-4-2-3-6(5-7)13(15,16)17/h2-5H,1H3. The maximum absolute atomic E-state index is 12.7. The van der Waals surface area contributed by atoms with Gasteiger partial charge >= 0.3 is 12.1 Å². The molecule has 0 radical (unpaired) electrons. The lowest BCUT2D eigenvalue weighted by atomic mass is 10.2. The molecule has 5 nitrogen and oxygen atoms in total. The fourth-order valence-electron chi connectivity index (χ4n) is 1.58. The summed E-state index contributed by atoms with van der Waals surface area (Å²) in [5.41, 5.74) is -1.02. The van der Waals surface area contributed by atoms with Gasteiger partial charge in [0.25, 0.3) is 5.88 Å². The molecule has 0 fully saturated rings. The van der Waals surface area contributed by atoms with Crippen molar-refractivity contribution in [1.29, 1.82) is 0 Å². The van der Waals surface area contributed by atoms with Crippen LogP contribution in [-0.2, 0) is 10.9 Å². The van der Waals surface area contributed by atoms with Gasteiger partial charge in [0, 0.05) is 0 Å². The number of esters is 1. The molecular formula is C13H7ClF3IN2O3. The number of carbonyl (C=O) groups excluding carboxylic acids is 1. The van der Waals surface area contributed by atoms with Crippen LogP contribution in [0.15, 0.2) is 24.3 Å². The maximum atomic E-state index is 12.7. The monoisotopic (exact) mass is 458 g/mol. The zero-order valence-corrected chi connectivity index (χ0v) is 14.2. The predicted octanol–water partition coefficient (Wildman–Crippen LogP) is 4.33. The fourth-order valence-corrected chi connectivity index (χ4v) is 2.27. The number of methoxy groups -OCH3 is 1. The van der Waals surface area contributed by atoms with Crippen molar-refractivity contribution in [3.05, 3.63) is 44.1 Å². The lowest BCUT2D eigenvalue weighted by molar-refractivity contribution is -0.137. The molecule has 0 aliphatic rings. The zero-order valence-electron chi connectivity index (χ0n) is 11.3. The average molecular weight is 459 g/mol. The molecular weight excluding hydrogens is 452 g/mol. The number of rotatable bonds is 3. The minimum atomic E-state index is -4.52. The highest BCUT2D eigenvalue weighted by Gasteiger charge is 2.31. The van der Waals surface area contributed by atoms with E-state index >= 15 is 0 Å². The third-order valence-electron chi connectivity index (χ3n) is 2.61. The van der Waals surface area contributed by atoms with E-state index in [0.717, 1.165) is 19.2 Å². The van der Waals surface area contributed by atoms with E-state index in [-0.39, 0.29) is 25.9 Å². The van der Waals surface area contributed by atoms with E-state index in [9.17, 15) is 18.0 Å². The van der Waals surface area contributed by atoms with Crippen LogP contribution in [0.1, 0.15) is 15.9 Å². The van der Waals surface area contributed by atoms with E-state index < -0.39 is 17.7 Å². The Bertz CT molecular complexity index is 756. The topological polar surface area (TPSA) is 61.3 Å². The minimum absolute atomic E-state index is 0.0533. The number of halogens is 5. The molecule has 0 unspecified atom stereocenters. The second-order valence-electron chi connectivity index (χ2n) is 4.10. The molecule has 0 amide bonds. The molecule has 10 heteroatoms. The van der Waals surface area contributed by atoms with E-state index in [1.54, 1.807) is 22.6 Å². The van der Waals surface area contributed by atoms with Crippen LogP contribution in [0.25, 0.3) is 0 Å². The van der Waals surface area contributed by atoms with Gasteiger partial charge in [0.05, 0.1) is 16.2 Å². The summed E-state index contributed by atoms with van der Waals surface area (Å²) in [4.78, 5) is 11.8. The van der Waals surface area contributed by atoms with E-state index in [4.69, 9.17) is 16.3 Å². The number of benzene rings is 1. The summed E-state index contributed by atoms with van der Waals surface area (Å²) >= 11 is 7.52. The van der Waals surface area contributed by atoms with Crippen LogP contribution < -0.4 is 4.74 Å². The molecule has 2 aromatic rings. The van der Waals surface area contributed by atoms with Gasteiger partial charge in [0.1, 0.15) is 11.3 Å². The van der Waals surface area contributed by atoms with Gasteiger partial charge in [-0.25, -0.2) is 4.79 Å². The maximum Gasteiger partial charge on any atom is 0.416 e. The van der Waals surface area contributed by atoms with Crippen molar-refractivity contribution in [3.8, 4) is 11.6 Å². The number of alkyl halides is 3. The Balaban J connectivity index is 2.45. The number of carbonyl (C=O) groups is 1. The molecule has 1 aromatic heterocycles. The molecule has 0 bridgehead atoms. The third-order valence-corrected chi connectivity index (χ3v) is 4.24. The largest absolute Gasteiger partial charge is 0.465 e. The molecule has 0 aliphatic heterocycles. The molecule has 0 spiro atoms. The molecule has 0 saturated heterocycles. The fraction of sp³-hybridized carbons (Fsp3) is 0.154. The molecule has 0 atom stereocenters. The summed E-state index contributed by atoms with van der Waals surface area (Å²) in [6.07, 6.45) is -4.52. The second-order valence-corrected chi connectivity index (χ2v) is 5.54. The van der Waals surface area contributed by atoms with Crippen LogP contribution in [0.3, 0.4) is 0 Å². The van der Waals surface area contributed by atoms with Crippen LogP contribution in [0.2, 0.25) is 5.15 Å². The average Bonchev–Trinajstić information content (AvgIpc) is 2.50. The van der Waals surface area contributed by atoms with Crippen LogP contribution in [0.4, 0.5) is 13.2 Å². The Morgan fingerprint density at radius 2 is 2.00 bits per heavy atom. The summed E-state index contributed by atoms with van der Waals surface area (Å²) in [6.45, 7) is 0. The van der Waals surface area contributed by atoms with Gasteiger partial charge in [-0.15, -0.1) is 10.2 Å². The van der Waals surface area contributed by atoms with Crippen molar-refractivity contribution < 1.29 is 27.4 Å². The Morgan fingerprint density at radius 3 is 2.61 bits per heavy atom. The van der Waals surface area contributed by atoms with Crippen LogP contribution in [0, 0.1) is 3.57 Å². The predicted molar refractivity (Wildman–Crippen MR) is 82.6 cm³/mol. The van der Waals surface area contributed by atoms with Crippen molar-refractivity contribution in [2.75, 3.05) is 7.11 Å². The SMILES string of the molecule is COC(=O)c1c(Oc2cccc(C(F)(F)F)c2)nnc(Cl)c1I. The Hall–Kier alpha value is -1.62. The lowest BCUT2D eigenvalue weighted by Crippen LogP contribution is -2.10. The summed E-state index contributed by atoms with van der Waals surface area (Å²) in [5.74, 6) is -1.25. The first-order chi connectivity index (χ1) is 10.7. The first kappa shape index (κ1) is 17.7. The molecule has 0 N–H and O–H groups in total. The van der Waals surface area contributed by atoms with Crippen molar-refractivity contribution >= 4 is 40.2 Å². The molecule has 1 heterocycles. The Kier molecular flexibility index (Phi) is 5.30. The minimum Gasteiger partial charge on any atom is -0.465 e. The summed E-state index contributed by atoms with van der Waals surface area (Å²) in [7, 11) is 1.14. The van der Waals surface area contributed by atoms with Crippen molar-refractivity contribution in [1.82, 2.24) is 10.2 Å². The first-order valence-electron chi connectivity index (χ1n) is 5.89. The first-order valence-corrected chi connectivity index (χ1v) is 7.34. The smallest absolute Gasteiger partial charge is 0.416 e. The van der Waals surface area contributed by atoms with Gasteiger partial charge in [-0.05, 0) is 40.8 Å². The molecule has 0 saturated carbocycles. The summed E-state index contributed by atoms with van der Waals surface area (Å²) in [6, 6.07) is 4.14. The Labute approximate surface area is 146 Å². The normalized spacial score (nSPS) is 11.2. The third kappa shape index (κ3) is 4.02. The van der Waals surface area contributed by atoms with Crippen LogP contribution in [-0.4, -0.2) is 23.3 Å². The number of nitrogens with zero attached hydrogens (tertiary/aromatic N) is 2. The summed E-state index contributed by atoms with van der Waals surface area (Å²) in [5, 5.41) is 7.13. The molecule has 0 aliphatic carbocycles. The van der Waals surface area contributed by atoms with Crippen molar-refractivity contribution in [2.24, 2.45) is 0 Å². The van der Waals surface area contributed by atoms with E-state index in [1.165, 1.54) is 12.1 Å². The van der Waals surface area contributed by atoms with Gasteiger partial charge in [-0.2, -0.15) is 13.2 Å². The highest BCUT2D eigenvalue weighted by molar-refractivity contribution is 14.1. The molecule has 23 heavy (non-hydrogen) atoms. The van der Waals surface area contributed by atoms with Crippen LogP contribution in [0.5, 0.6) is 11.6 Å². The number of aromatic nitrogens is 2. The summed E-state index contributed by atoms with van der Waals surface area (Å²) < 4.78 is 48.2. The zero-order chi connectivity index (χ0) is 17.2. The lowest BCUT2D eigenvalue weighted by Gasteiger charge is -2.12. The van der Waals surface area contributed by atoms with Gasteiger partial charge < -0.3 is 9.47 Å². The molecule has 2 rings (SSSR count). The number of ether oxygens (including phenoxy) is 2. The number of hydrogen-bond acceptors (Lipinski definition) is 5. The quantitative estimate of drug-likeness (QED) is 0.506. The highest BCUT2D eigenvalue weighted by atomic mass is 127.